The number of fused-ring (bicyclic) bond motifs is 1. The number of aliphatic hydroxyl groups is 2. The van der Waals surface area contributed by atoms with Gasteiger partial charge in [-0.3, -0.25) is 0 Å². The Balaban J connectivity index is 2.06. The molecular formula is C11H12F2N4O3. The summed E-state index contributed by atoms with van der Waals surface area (Å²) in [6.07, 6.45) is -3.06. The molecule has 3 heterocycles. The zero-order valence-corrected chi connectivity index (χ0v) is 10.4. The molecule has 0 unspecified atom stereocenters. The molecule has 0 aliphatic carbocycles. The summed E-state index contributed by atoms with van der Waals surface area (Å²) in [6, 6.07) is 0. The number of halogens is 2. The van der Waals surface area contributed by atoms with Gasteiger partial charge in [-0.2, -0.15) is 4.39 Å². The quantitative estimate of drug-likeness (QED) is 0.793. The third kappa shape index (κ3) is 1.78. The van der Waals surface area contributed by atoms with E-state index in [1.54, 1.807) is 0 Å². The minimum absolute atomic E-state index is 0.144. The van der Waals surface area contributed by atoms with Crippen LogP contribution in [0.1, 0.15) is 18.7 Å². The van der Waals surface area contributed by atoms with Gasteiger partial charge in [0.05, 0.1) is 24.7 Å². The molecule has 2 N–H and O–H groups in total. The van der Waals surface area contributed by atoms with Crippen molar-refractivity contribution in [1.82, 2.24) is 19.6 Å². The van der Waals surface area contributed by atoms with Crippen LogP contribution in [0.5, 0.6) is 0 Å². The monoisotopic (exact) mass is 286 g/mol. The van der Waals surface area contributed by atoms with Crippen molar-refractivity contribution in [2.45, 2.75) is 30.9 Å². The number of rotatable bonds is 2. The first-order valence-corrected chi connectivity index (χ1v) is 5.93. The maximum absolute atomic E-state index is 14.2. The molecule has 1 aliphatic heterocycles. The van der Waals surface area contributed by atoms with Crippen LogP contribution in [0, 0.1) is 6.08 Å². The normalized spacial score (nSPS) is 34.0. The summed E-state index contributed by atoms with van der Waals surface area (Å²) >= 11 is 0. The van der Waals surface area contributed by atoms with Crippen LogP contribution in [0.4, 0.5) is 8.78 Å². The summed E-state index contributed by atoms with van der Waals surface area (Å²) < 4.78 is 33.7. The Kier molecular flexibility index (Phi) is 2.92. The molecule has 0 bridgehead atoms. The highest BCUT2D eigenvalue weighted by atomic mass is 19.1. The molecule has 2 aromatic rings. The summed E-state index contributed by atoms with van der Waals surface area (Å²) in [6.45, 7) is 0.841. The Morgan fingerprint density at radius 1 is 1.45 bits per heavy atom. The molecule has 1 saturated heterocycles. The van der Waals surface area contributed by atoms with Gasteiger partial charge in [-0.05, 0) is 6.92 Å². The van der Waals surface area contributed by atoms with Gasteiger partial charge >= 0.3 is 6.08 Å². The van der Waals surface area contributed by atoms with Crippen molar-refractivity contribution in [3.8, 4) is 0 Å². The van der Waals surface area contributed by atoms with Crippen molar-refractivity contribution in [3.63, 3.8) is 0 Å². The molecular weight excluding hydrogens is 274 g/mol. The lowest BCUT2D eigenvalue weighted by Crippen LogP contribution is -2.42. The maximum Gasteiger partial charge on any atom is 0.326 e. The molecule has 1 aliphatic rings. The zero-order valence-electron chi connectivity index (χ0n) is 10.4. The fraction of sp³-hybridized carbons (Fsp3) is 0.545. The highest BCUT2D eigenvalue weighted by Gasteiger charge is 2.53. The average Bonchev–Trinajstić information content (AvgIpc) is 2.94. The molecule has 4 atom stereocenters. The predicted octanol–water partition coefficient (Wildman–Crippen LogP) is -0.215. The number of hydrogen-bond acceptors (Lipinski definition) is 6. The molecule has 0 aromatic carbocycles. The molecule has 2 aromatic heterocycles. The fourth-order valence-electron chi connectivity index (χ4n) is 2.27. The van der Waals surface area contributed by atoms with E-state index in [0.717, 1.165) is 10.7 Å². The zero-order chi connectivity index (χ0) is 14.5. The predicted molar refractivity (Wildman–Crippen MR) is 61.0 cm³/mol. The minimum Gasteiger partial charge on any atom is -0.393 e. The Labute approximate surface area is 111 Å². The van der Waals surface area contributed by atoms with Crippen LogP contribution in [-0.2, 0) is 4.74 Å². The van der Waals surface area contributed by atoms with Crippen molar-refractivity contribution in [2.75, 3.05) is 6.61 Å². The summed E-state index contributed by atoms with van der Waals surface area (Å²) in [5, 5.41) is 22.5. The molecule has 9 heteroatoms. The minimum atomic E-state index is -1.79. The van der Waals surface area contributed by atoms with Crippen LogP contribution < -0.4 is 0 Å². The van der Waals surface area contributed by atoms with Crippen molar-refractivity contribution < 1.29 is 23.7 Å². The van der Waals surface area contributed by atoms with Crippen molar-refractivity contribution in [2.24, 2.45) is 0 Å². The van der Waals surface area contributed by atoms with Gasteiger partial charge in [-0.15, -0.1) is 5.10 Å². The first-order valence-electron chi connectivity index (χ1n) is 5.93. The first kappa shape index (κ1) is 13.3. The second-order valence-electron chi connectivity index (χ2n) is 4.88. The van der Waals surface area contributed by atoms with Gasteiger partial charge in [0, 0.05) is 0 Å². The molecule has 0 spiro atoms. The van der Waals surface area contributed by atoms with E-state index in [1.165, 1.54) is 13.1 Å². The topological polar surface area (TPSA) is 92.8 Å². The number of aromatic nitrogens is 4. The van der Waals surface area contributed by atoms with Crippen LogP contribution >= 0.6 is 0 Å². The van der Waals surface area contributed by atoms with E-state index in [1.807, 2.05) is 0 Å². The fourth-order valence-corrected chi connectivity index (χ4v) is 2.27. The number of alkyl halides is 1. The third-order valence-electron chi connectivity index (χ3n) is 3.48. The van der Waals surface area contributed by atoms with Crippen LogP contribution in [-0.4, -0.2) is 54.3 Å². The van der Waals surface area contributed by atoms with E-state index >= 15 is 0 Å². The summed E-state index contributed by atoms with van der Waals surface area (Å²) in [7, 11) is 0. The second kappa shape index (κ2) is 4.40. The van der Waals surface area contributed by atoms with Gasteiger partial charge in [0.15, 0.2) is 11.8 Å². The molecule has 0 radical (unpaired) electrons. The highest BCUT2D eigenvalue weighted by Crippen LogP contribution is 2.41. The lowest BCUT2D eigenvalue weighted by molar-refractivity contribution is -0.100. The van der Waals surface area contributed by atoms with Gasteiger partial charge in [0.2, 0.25) is 0 Å². The van der Waals surface area contributed by atoms with Gasteiger partial charge in [0.1, 0.15) is 17.8 Å². The summed E-state index contributed by atoms with van der Waals surface area (Å²) in [5.74, 6) is 0. The molecule has 0 saturated carbocycles. The lowest BCUT2D eigenvalue weighted by atomic mass is 9.98. The second-order valence-corrected chi connectivity index (χ2v) is 4.88. The van der Waals surface area contributed by atoms with Crippen LogP contribution in [0.15, 0.2) is 12.4 Å². The van der Waals surface area contributed by atoms with Crippen LogP contribution in [0.3, 0.4) is 0 Å². The molecule has 1 fully saturated rings. The third-order valence-corrected chi connectivity index (χ3v) is 3.48. The molecule has 7 nitrogen and oxygen atoms in total. The van der Waals surface area contributed by atoms with E-state index < -0.39 is 36.7 Å². The first-order chi connectivity index (χ1) is 9.46. The van der Waals surface area contributed by atoms with Gasteiger partial charge in [-0.25, -0.2) is 18.9 Å². The SMILES string of the molecule is C[C@]1(CO)O[C@@H](c2cnc3cnc(F)nn23)[C@H](F)[C@@H]1O. The largest absolute Gasteiger partial charge is 0.393 e. The van der Waals surface area contributed by atoms with Crippen molar-refractivity contribution in [1.29, 1.82) is 0 Å². The maximum atomic E-state index is 14.2. The van der Waals surface area contributed by atoms with E-state index in [2.05, 4.69) is 15.1 Å². The van der Waals surface area contributed by atoms with Gasteiger partial charge < -0.3 is 14.9 Å². The van der Waals surface area contributed by atoms with Gasteiger partial charge in [-0.1, -0.05) is 0 Å². The number of aliphatic hydroxyl groups excluding tert-OH is 2. The number of hydrogen-bond donors (Lipinski definition) is 2. The smallest absolute Gasteiger partial charge is 0.326 e. The van der Waals surface area contributed by atoms with E-state index in [9.17, 15) is 19.0 Å². The molecule has 0 amide bonds. The average molecular weight is 286 g/mol. The Morgan fingerprint density at radius 3 is 2.85 bits per heavy atom. The highest BCUT2D eigenvalue weighted by molar-refractivity contribution is 5.36. The lowest BCUT2D eigenvalue weighted by Gasteiger charge is -2.24. The van der Waals surface area contributed by atoms with Gasteiger partial charge in [0.25, 0.3) is 0 Å². The van der Waals surface area contributed by atoms with E-state index in [0.29, 0.717) is 0 Å². The summed E-state index contributed by atoms with van der Waals surface area (Å²) in [5.41, 5.74) is -1.06. The number of imidazole rings is 1. The Hall–Kier alpha value is -1.71. The Morgan fingerprint density at radius 2 is 2.20 bits per heavy atom. The van der Waals surface area contributed by atoms with Crippen LogP contribution in [0.25, 0.3) is 5.65 Å². The summed E-state index contributed by atoms with van der Waals surface area (Å²) in [4.78, 5) is 7.26. The Bertz CT molecular complexity index is 652. The number of ether oxygens (including phenoxy) is 1. The van der Waals surface area contributed by atoms with Crippen LogP contribution in [0.2, 0.25) is 0 Å². The van der Waals surface area contributed by atoms with E-state index in [-0.39, 0.29) is 11.3 Å². The molecule has 20 heavy (non-hydrogen) atoms. The molecule has 3 rings (SSSR count). The molecule has 108 valence electrons. The van der Waals surface area contributed by atoms with E-state index in [4.69, 9.17) is 4.74 Å². The number of nitrogens with zero attached hydrogens (tertiary/aromatic N) is 4. The standard InChI is InChI=1S/C11H12F2N4O3/c1-11(4-18)9(19)7(12)8(20-11)5-2-14-6-3-15-10(13)16-17(5)6/h2-3,7-9,18-19H,4H2,1H3/t7-,8-,9-,11+/m0/s1. The van der Waals surface area contributed by atoms with Crippen molar-refractivity contribution >= 4 is 5.65 Å². The van der Waals surface area contributed by atoms with Crippen molar-refractivity contribution in [3.05, 3.63) is 24.2 Å².